The van der Waals surface area contributed by atoms with E-state index in [2.05, 4.69) is 0 Å². The third-order valence-corrected chi connectivity index (χ3v) is 6.72. The zero-order valence-electron chi connectivity index (χ0n) is 20.9. The molecule has 1 unspecified atom stereocenters. The molecule has 1 atom stereocenters. The number of ether oxygens (including phenoxy) is 2. The summed E-state index contributed by atoms with van der Waals surface area (Å²) in [6, 6.07) is 14.9. The van der Waals surface area contributed by atoms with Crippen LogP contribution in [0.2, 0.25) is 0 Å². The van der Waals surface area contributed by atoms with Crippen molar-refractivity contribution in [3.8, 4) is 11.5 Å². The zero-order valence-corrected chi connectivity index (χ0v) is 20.9. The van der Waals surface area contributed by atoms with Crippen molar-refractivity contribution in [2.75, 3.05) is 6.61 Å². The van der Waals surface area contributed by atoms with Crippen LogP contribution in [-0.2, 0) is 17.6 Å². The average Bonchev–Trinajstić information content (AvgIpc) is 3.21. The molecule has 3 aromatic rings. The van der Waals surface area contributed by atoms with Gasteiger partial charge in [0, 0.05) is 18.8 Å². The summed E-state index contributed by atoms with van der Waals surface area (Å²) < 4.78 is 17.8. The Labute approximate surface area is 207 Å². The van der Waals surface area contributed by atoms with Crippen LogP contribution in [0.1, 0.15) is 73.4 Å². The van der Waals surface area contributed by atoms with Crippen LogP contribution >= 0.6 is 0 Å². The number of aromatic nitrogens is 1. The van der Waals surface area contributed by atoms with Crippen LogP contribution in [-0.4, -0.2) is 28.3 Å². The van der Waals surface area contributed by atoms with Crippen molar-refractivity contribution < 1.29 is 23.8 Å². The minimum Gasteiger partial charge on any atom is -0.493 e. The largest absolute Gasteiger partial charge is 0.493 e. The summed E-state index contributed by atoms with van der Waals surface area (Å²) in [6.07, 6.45) is 7.07. The van der Waals surface area contributed by atoms with Crippen LogP contribution in [0.5, 0.6) is 11.5 Å². The molecule has 0 radical (unpaired) electrons. The molecule has 4 rings (SSSR count). The summed E-state index contributed by atoms with van der Waals surface area (Å²) in [7, 11) is 0. The molecular formula is C29H35NO5. The quantitative estimate of drug-likeness (QED) is 0.363. The number of hydrogen-bond acceptors (Lipinski definition) is 5. The fourth-order valence-electron chi connectivity index (χ4n) is 4.66. The van der Waals surface area contributed by atoms with E-state index < -0.39 is 11.6 Å². The Hall–Kier alpha value is -3.28. The maximum absolute atomic E-state index is 12.0. The maximum Gasteiger partial charge on any atom is 0.348 e. The highest BCUT2D eigenvalue weighted by Crippen LogP contribution is 2.33. The fourth-order valence-corrected chi connectivity index (χ4v) is 4.66. The van der Waals surface area contributed by atoms with Gasteiger partial charge in [0.1, 0.15) is 17.3 Å². The summed E-state index contributed by atoms with van der Waals surface area (Å²) in [4.78, 5) is 16.8. The highest BCUT2D eigenvalue weighted by molar-refractivity contribution is 5.78. The van der Waals surface area contributed by atoms with Crippen molar-refractivity contribution in [2.24, 2.45) is 0 Å². The topological polar surface area (TPSA) is 81.8 Å². The second kappa shape index (κ2) is 11.0. The average molecular weight is 478 g/mol. The third-order valence-electron chi connectivity index (χ3n) is 6.72. The summed E-state index contributed by atoms with van der Waals surface area (Å²) >= 11 is 0. The van der Waals surface area contributed by atoms with Crippen LogP contribution in [0.3, 0.4) is 0 Å². The summed E-state index contributed by atoms with van der Waals surface area (Å²) in [5, 5.41) is 9.85. The second-order valence-electron chi connectivity index (χ2n) is 9.76. The SMILES string of the molecule is Cc1cccc(OC(C)(Cc2ccc(OCCc3nc(C4CCCCC4)oc3C)cc2)C(=O)O)c1. The van der Waals surface area contributed by atoms with Crippen molar-refractivity contribution in [3.05, 3.63) is 77.0 Å². The molecule has 2 aromatic carbocycles. The Kier molecular flexibility index (Phi) is 7.79. The molecule has 1 aliphatic carbocycles. The van der Waals surface area contributed by atoms with Crippen LogP contribution in [0.25, 0.3) is 0 Å². The molecule has 35 heavy (non-hydrogen) atoms. The Balaban J connectivity index is 1.32. The molecule has 1 heterocycles. The standard InChI is InChI=1S/C29H35NO5/c1-20-8-7-11-25(18-20)35-29(3,28(31)32)19-22-12-14-24(15-13-22)33-17-16-26-21(2)34-27(30-26)23-9-5-4-6-10-23/h7-8,11-15,18,23H,4-6,9-10,16-17,19H2,1-3H3,(H,31,32). The first-order valence-corrected chi connectivity index (χ1v) is 12.5. The number of hydrogen-bond donors (Lipinski definition) is 1. The number of carboxylic acid groups (broad SMARTS) is 1. The van der Waals surface area contributed by atoms with Gasteiger partial charge in [0.2, 0.25) is 5.60 Å². The Morgan fingerprint density at radius 3 is 2.51 bits per heavy atom. The van der Waals surface area contributed by atoms with Gasteiger partial charge in [-0.05, 0) is 69.0 Å². The molecule has 6 heteroatoms. The van der Waals surface area contributed by atoms with E-state index in [9.17, 15) is 9.90 Å². The molecule has 1 N–H and O–H groups in total. The molecule has 0 spiro atoms. The smallest absolute Gasteiger partial charge is 0.348 e. The van der Waals surface area contributed by atoms with E-state index in [1.54, 1.807) is 13.0 Å². The van der Waals surface area contributed by atoms with Crippen molar-refractivity contribution in [1.29, 1.82) is 0 Å². The fraction of sp³-hybridized carbons (Fsp3) is 0.448. The number of aryl methyl sites for hydroxylation is 2. The van der Waals surface area contributed by atoms with Gasteiger partial charge in [0.15, 0.2) is 5.89 Å². The second-order valence-corrected chi connectivity index (χ2v) is 9.76. The van der Waals surface area contributed by atoms with Gasteiger partial charge in [0.25, 0.3) is 0 Å². The van der Waals surface area contributed by atoms with Crippen molar-refractivity contribution >= 4 is 5.97 Å². The van der Waals surface area contributed by atoms with E-state index in [1.807, 2.05) is 56.3 Å². The predicted molar refractivity (Wildman–Crippen MR) is 134 cm³/mol. The number of oxazole rings is 1. The highest BCUT2D eigenvalue weighted by Gasteiger charge is 2.36. The number of rotatable bonds is 10. The Bertz CT molecular complexity index is 1130. The normalized spacial score (nSPS) is 16.0. The van der Waals surface area contributed by atoms with E-state index in [4.69, 9.17) is 18.9 Å². The number of aliphatic carboxylic acids is 1. The molecule has 1 fully saturated rings. The molecule has 0 bridgehead atoms. The van der Waals surface area contributed by atoms with E-state index in [1.165, 1.54) is 32.1 Å². The van der Waals surface area contributed by atoms with E-state index in [-0.39, 0.29) is 6.42 Å². The number of carbonyl (C=O) groups is 1. The highest BCUT2D eigenvalue weighted by atomic mass is 16.5. The lowest BCUT2D eigenvalue weighted by Gasteiger charge is -2.26. The van der Waals surface area contributed by atoms with Crippen LogP contribution in [0, 0.1) is 13.8 Å². The molecule has 186 valence electrons. The van der Waals surface area contributed by atoms with Gasteiger partial charge in [-0.25, -0.2) is 9.78 Å². The lowest BCUT2D eigenvalue weighted by Crippen LogP contribution is -2.43. The van der Waals surface area contributed by atoms with Crippen LogP contribution < -0.4 is 9.47 Å². The monoisotopic (exact) mass is 477 g/mol. The maximum atomic E-state index is 12.0. The summed E-state index contributed by atoms with van der Waals surface area (Å²) in [6.45, 7) is 6.02. The lowest BCUT2D eigenvalue weighted by atomic mass is 9.89. The van der Waals surface area contributed by atoms with E-state index in [0.717, 1.165) is 34.2 Å². The molecule has 6 nitrogen and oxygen atoms in total. The molecular weight excluding hydrogens is 442 g/mol. The van der Waals surface area contributed by atoms with Gasteiger partial charge < -0.3 is 19.0 Å². The molecule has 1 saturated carbocycles. The minimum absolute atomic E-state index is 0.235. The van der Waals surface area contributed by atoms with Crippen molar-refractivity contribution in [3.63, 3.8) is 0 Å². The molecule has 0 saturated heterocycles. The summed E-state index contributed by atoms with van der Waals surface area (Å²) in [5.74, 6) is 2.50. The van der Waals surface area contributed by atoms with Gasteiger partial charge in [0.05, 0.1) is 12.3 Å². The molecule has 0 aliphatic heterocycles. The first kappa shape index (κ1) is 24.8. The third kappa shape index (κ3) is 6.44. The van der Waals surface area contributed by atoms with E-state index in [0.29, 0.717) is 24.7 Å². The predicted octanol–water partition coefficient (Wildman–Crippen LogP) is 6.43. The van der Waals surface area contributed by atoms with Gasteiger partial charge in [-0.3, -0.25) is 0 Å². The van der Waals surface area contributed by atoms with Gasteiger partial charge in [-0.1, -0.05) is 43.5 Å². The molecule has 1 aliphatic rings. The van der Waals surface area contributed by atoms with E-state index >= 15 is 0 Å². The van der Waals surface area contributed by atoms with Gasteiger partial charge in [-0.2, -0.15) is 0 Å². The Morgan fingerprint density at radius 2 is 1.83 bits per heavy atom. The first-order chi connectivity index (χ1) is 16.8. The van der Waals surface area contributed by atoms with Crippen molar-refractivity contribution in [1.82, 2.24) is 4.98 Å². The van der Waals surface area contributed by atoms with Crippen LogP contribution in [0.4, 0.5) is 0 Å². The number of nitrogens with zero attached hydrogens (tertiary/aromatic N) is 1. The van der Waals surface area contributed by atoms with Gasteiger partial charge in [-0.15, -0.1) is 0 Å². The lowest BCUT2D eigenvalue weighted by molar-refractivity contribution is -0.153. The van der Waals surface area contributed by atoms with Crippen LogP contribution in [0.15, 0.2) is 52.9 Å². The molecule has 0 amide bonds. The first-order valence-electron chi connectivity index (χ1n) is 12.5. The zero-order chi connectivity index (χ0) is 24.8. The van der Waals surface area contributed by atoms with Gasteiger partial charge >= 0.3 is 5.97 Å². The number of carboxylic acids is 1. The minimum atomic E-state index is -1.38. The summed E-state index contributed by atoms with van der Waals surface area (Å²) in [5.41, 5.74) is 1.46. The molecule has 1 aromatic heterocycles. The van der Waals surface area contributed by atoms with Crippen molar-refractivity contribution in [2.45, 2.75) is 77.2 Å². The Morgan fingerprint density at radius 1 is 1.09 bits per heavy atom. The number of benzene rings is 2.